The van der Waals surface area contributed by atoms with Gasteiger partial charge in [-0.15, -0.1) is 0 Å². The Morgan fingerprint density at radius 3 is 2.93 bits per heavy atom. The molecule has 0 unspecified atom stereocenters. The summed E-state index contributed by atoms with van der Waals surface area (Å²) >= 11 is 3.25. The number of rotatable bonds is 2. The van der Waals surface area contributed by atoms with Crippen LogP contribution in [0.25, 0.3) is 11.6 Å². The van der Waals surface area contributed by atoms with E-state index in [1.165, 1.54) is 12.5 Å². The van der Waals surface area contributed by atoms with Crippen LogP contribution in [-0.4, -0.2) is 21.0 Å². The largest absolute Gasteiger partial charge is 0.477 e. The van der Waals surface area contributed by atoms with Crippen LogP contribution < -0.4 is 0 Å². The van der Waals surface area contributed by atoms with Crippen molar-refractivity contribution in [2.45, 2.75) is 0 Å². The van der Waals surface area contributed by atoms with Gasteiger partial charge < -0.3 is 14.5 Å². The standard InChI is InChI=1S/C8H5BrN2O3/c9-4-1-2-14-6(4)7-10-3-5(11-7)8(12)13/h1-3H,(H,10,11)(H,12,13). The summed E-state index contributed by atoms with van der Waals surface area (Å²) in [5.41, 5.74) is 0.0308. The Kier molecular flexibility index (Phi) is 2.12. The number of hydrogen-bond acceptors (Lipinski definition) is 3. The van der Waals surface area contributed by atoms with Crippen molar-refractivity contribution in [3.8, 4) is 11.6 Å². The zero-order chi connectivity index (χ0) is 10.1. The number of aromatic carboxylic acids is 1. The van der Waals surface area contributed by atoms with Crippen LogP contribution in [0.4, 0.5) is 0 Å². The van der Waals surface area contributed by atoms with Gasteiger partial charge in [-0.05, 0) is 22.0 Å². The Bertz CT molecular complexity index is 474. The fourth-order valence-electron chi connectivity index (χ4n) is 1.01. The summed E-state index contributed by atoms with van der Waals surface area (Å²) in [5, 5.41) is 8.65. The lowest BCUT2D eigenvalue weighted by Gasteiger charge is -1.90. The molecule has 0 radical (unpaired) electrons. The number of nitrogens with zero attached hydrogens (tertiary/aromatic N) is 1. The quantitative estimate of drug-likeness (QED) is 0.863. The minimum absolute atomic E-state index is 0.0308. The first-order chi connectivity index (χ1) is 6.68. The average molecular weight is 257 g/mol. The first-order valence-electron chi connectivity index (χ1n) is 3.70. The molecule has 2 N–H and O–H groups in total. The van der Waals surface area contributed by atoms with E-state index in [1.54, 1.807) is 6.07 Å². The van der Waals surface area contributed by atoms with Gasteiger partial charge in [0.2, 0.25) is 0 Å². The van der Waals surface area contributed by atoms with Crippen molar-refractivity contribution in [2.75, 3.05) is 0 Å². The highest BCUT2D eigenvalue weighted by Crippen LogP contribution is 2.26. The molecule has 2 aromatic heterocycles. The fraction of sp³-hybridized carbons (Fsp3) is 0. The third kappa shape index (κ3) is 1.44. The highest BCUT2D eigenvalue weighted by molar-refractivity contribution is 9.10. The number of imidazole rings is 1. The molecule has 0 bridgehead atoms. The second-order valence-corrected chi connectivity index (χ2v) is 3.40. The van der Waals surface area contributed by atoms with E-state index in [4.69, 9.17) is 9.52 Å². The van der Waals surface area contributed by atoms with Gasteiger partial charge in [0.15, 0.2) is 11.6 Å². The Balaban J connectivity index is 2.43. The summed E-state index contributed by atoms with van der Waals surface area (Å²) in [7, 11) is 0. The minimum atomic E-state index is -1.05. The van der Waals surface area contributed by atoms with E-state index < -0.39 is 5.97 Å². The van der Waals surface area contributed by atoms with E-state index in [-0.39, 0.29) is 5.69 Å². The smallest absolute Gasteiger partial charge is 0.353 e. The van der Waals surface area contributed by atoms with Crippen LogP contribution in [0.5, 0.6) is 0 Å². The molecule has 2 rings (SSSR count). The molecule has 0 aliphatic carbocycles. The van der Waals surface area contributed by atoms with Crippen molar-refractivity contribution in [2.24, 2.45) is 0 Å². The molecule has 0 saturated heterocycles. The number of aromatic amines is 1. The second-order valence-electron chi connectivity index (χ2n) is 2.55. The van der Waals surface area contributed by atoms with Crippen LogP contribution in [0.3, 0.4) is 0 Å². The van der Waals surface area contributed by atoms with Gasteiger partial charge in [-0.25, -0.2) is 9.78 Å². The van der Waals surface area contributed by atoms with Crippen LogP contribution in [-0.2, 0) is 0 Å². The third-order valence-electron chi connectivity index (χ3n) is 1.64. The van der Waals surface area contributed by atoms with E-state index in [0.29, 0.717) is 11.6 Å². The molecule has 72 valence electrons. The molecule has 6 heteroatoms. The molecule has 0 fully saturated rings. The monoisotopic (exact) mass is 256 g/mol. The van der Waals surface area contributed by atoms with Crippen LogP contribution in [0.2, 0.25) is 0 Å². The first-order valence-corrected chi connectivity index (χ1v) is 4.49. The van der Waals surface area contributed by atoms with E-state index in [1.807, 2.05) is 0 Å². The fourth-order valence-corrected chi connectivity index (χ4v) is 1.40. The van der Waals surface area contributed by atoms with Crippen molar-refractivity contribution in [1.29, 1.82) is 0 Å². The molecule has 0 amide bonds. The topological polar surface area (TPSA) is 79.1 Å². The van der Waals surface area contributed by atoms with Crippen LogP contribution >= 0.6 is 15.9 Å². The molecule has 2 heterocycles. The van der Waals surface area contributed by atoms with E-state index >= 15 is 0 Å². The number of nitrogens with one attached hydrogen (secondary N) is 1. The van der Waals surface area contributed by atoms with Gasteiger partial charge in [-0.2, -0.15) is 0 Å². The van der Waals surface area contributed by atoms with Gasteiger partial charge in [0.25, 0.3) is 0 Å². The zero-order valence-electron chi connectivity index (χ0n) is 6.82. The number of carbonyl (C=O) groups is 1. The van der Waals surface area contributed by atoms with Crippen molar-refractivity contribution in [1.82, 2.24) is 9.97 Å². The number of halogens is 1. The average Bonchev–Trinajstić information content (AvgIpc) is 2.71. The van der Waals surface area contributed by atoms with Gasteiger partial charge in [0.05, 0.1) is 16.9 Å². The summed E-state index contributed by atoms with van der Waals surface area (Å²) in [4.78, 5) is 17.1. The Labute approximate surface area is 86.9 Å². The maximum atomic E-state index is 10.6. The van der Waals surface area contributed by atoms with Crippen molar-refractivity contribution in [3.05, 3.63) is 28.7 Å². The lowest BCUT2D eigenvalue weighted by molar-refractivity contribution is 0.0691. The van der Waals surface area contributed by atoms with Crippen LogP contribution in [0, 0.1) is 0 Å². The van der Waals surface area contributed by atoms with Crippen molar-refractivity contribution >= 4 is 21.9 Å². The van der Waals surface area contributed by atoms with Gasteiger partial charge in [-0.3, -0.25) is 0 Å². The predicted molar refractivity (Wildman–Crippen MR) is 50.9 cm³/mol. The summed E-state index contributed by atoms with van der Waals surface area (Å²) in [6.45, 7) is 0. The molecule has 0 atom stereocenters. The SMILES string of the molecule is O=C(O)c1cnc(-c2occc2Br)[nH]1. The number of furan rings is 1. The first kappa shape index (κ1) is 9.01. The number of carboxylic acid groups (broad SMARTS) is 1. The molecule has 0 spiro atoms. The normalized spacial score (nSPS) is 10.4. The number of hydrogen-bond donors (Lipinski definition) is 2. The summed E-state index contributed by atoms with van der Waals surface area (Å²) in [6.07, 6.45) is 2.73. The predicted octanol–water partition coefficient (Wildman–Crippen LogP) is 2.13. The lowest BCUT2D eigenvalue weighted by atomic mass is 10.4. The highest BCUT2D eigenvalue weighted by Gasteiger charge is 2.13. The van der Waals surface area contributed by atoms with E-state index in [2.05, 4.69) is 25.9 Å². The zero-order valence-corrected chi connectivity index (χ0v) is 8.41. The van der Waals surface area contributed by atoms with Crippen LogP contribution in [0.1, 0.15) is 10.5 Å². The Morgan fingerprint density at radius 1 is 1.64 bits per heavy atom. The highest BCUT2D eigenvalue weighted by atomic mass is 79.9. The van der Waals surface area contributed by atoms with Crippen LogP contribution in [0.15, 0.2) is 27.4 Å². The summed E-state index contributed by atoms with van der Waals surface area (Å²) < 4.78 is 5.84. The van der Waals surface area contributed by atoms with Gasteiger partial charge in [0, 0.05) is 0 Å². The van der Waals surface area contributed by atoms with Crippen molar-refractivity contribution < 1.29 is 14.3 Å². The number of H-pyrrole nitrogens is 1. The summed E-state index contributed by atoms with van der Waals surface area (Å²) in [5.74, 6) is -0.178. The Hall–Kier alpha value is -1.56. The van der Waals surface area contributed by atoms with E-state index in [0.717, 1.165) is 4.47 Å². The third-order valence-corrected chi connectivity index (χ3v) is 2.26. The molecule has 14 heavy (non-hydrogen) atoms. The Morgan fingerprint density at radius 2 is 2.43 bits per heavy atom. The molecule has 0 saturated carbocycles. The van der Waals surface area contributed by atoms with Crippen molar-refractivity contribution in [3.63, 3.8) is 0 Å². The van der Waals surface area contributed by atoms with E-state index in [9.17, 15) is 4.79 Å². The number of carboxylic acids is 1. The maximum absolute atomic E-state index is 10.6. The molecule has 0 aliphatic rings. The number of aromatic nitrogens is 2. The molecule has 2 aromatic rings. The molecular weight excluding hydrogens is 252 g/mol. The second kappa shape index (κ2) is 3.30. The summed E-state index contributed by atoms with van der Waals surface area (Å²) in [6, 6.07) is 1.71. The van der Waals surface area contributed by atoms with Gasteiger partial charge in [0.1, 0.15) is 5.69 Å². The maximum Gasteiger partial charge on any atom is 0.353 e. The minimum Gasteiger partial charge on any atom is -0.477 e. The van der Waals surface area contributed by atoms with Gasteiger partial charge >= 0.3 is 5.97 Å². The molecule has 5 nitrogen and oxygen atoms in total. The lowest BCUT2D eigenvalue weighted by Crippen LogP contribution is -1.95. The van der Waals surface area contributed by atoms with Gasteiger partial charge in [-0.1, -0.05) is 0 Å². The molecular formula is C8H5BrN2O3. The molecule has 0 aromatic carbocycles. The molecule has 0 aliphatic heterocycles.